The normalized spacial score (nSPS) is 11.2. The van der Waals surface area contributed by atoms with Crippen LogP contribution in [-0.2, 0) is 0 Å². The first kappa shape index (κ1) is 8.23. The molecular weight excluding hydrogens is 121 g/mol. The molecule has 0 unspecified atom stereocenters. The molecule has 0 aromatic rings. The Morgan fingerprint density at radius 2 is 2.44 bits per heavy atom. The molecule has 0 aliphatic rings. The summed E-state index contributed by atoms with van der Waals surface area (Å²) in [6.07, 6.45) is 1.96. The lowest BCUT2D eigenvalue weighted by molar-refractivity contribution is 0.484. The number of nitrogens with one attached hydrogen (secondary N) is 2. The van der Waals surface area contributed by atoms with Gasteiger partial charge in [0.15, 0.2) is 0 Å². The molecule has 0 bridgehead atoms. The summed E-state index contributed by atoms with van der Waals surface area (Å²) < 4.78 is 11.6. The summed E-state index contributed by atoms with van der Waals surface area (Å²) in [5, 5.41) is 2.73. The third kappa shape index (κ3) is 3.78. The molecule has 0 aliphatic carbocycles. The van der Waals surface area contributed by atoms with Crippen molar-refractivity contribution in [3.05, 3.63) is 11.9 Å². The predicted octanol–water partition coefficient (Wildman–Crippen LogP) is -0.130. The molecule has 0 aromatic heterocycles. The highest BCUT2D eigenvalue weighted by molar-refractivity contribution is 4.95. The van der Waals surface area contributed by atoms with Gasteiger partial charge in [0.25, 0.3) is 0 Å². The van der Waals surface area contributed by atoms with Crippen molar-refractivity contribution in [1.82, 2.24) is 10.7 Å². The van der Waals surface area contributed by atoms with Crippen LogP contribution in [0.1, 0.15) is 6.42 Å². The molecule has 0 radical (unpaired) electrons. The third-order valence-electron chi connectivity index (χ3n) is 0.868. The van der Waals surface area contributed by atoms with Crippen LogP contribution in [-0.4, -0.2) is 13.7 Å². The average molecular weight is 133 g/mol. The molecule has 4 heteroatoms. The fourth-order valence-corrected chi connectivity index (χ4v) is 0.462. The molecule has 0 aliphatic heterocycles. The Bertz CT molecular complexity index is 92.2. The van der Waals surface area contributed by atoms with Crippen LogP contribution < -0.4 is 16.6 Å². The minimum atomic E-state index is -0.391. The van der Waals surface area contributed by atoms with Crippen molar-refractivity contribution in [2.75, 3.05) is 13.7 Å². The van der Waals surface area contributed by atoms with Gasteiger partial charge in [-0.2, -0.15) is 0 Å². The molecule has 54 valence electrons. The number of alkyl halides is 1. The van der Waals surface area contributed by atoms with E-state index in [0.29, 0.717) is 12.1 Å². The van der Waals surface area contributed by atoms with Crippen LogP contribution >= 0.6 is 0 Å². The van der Waals surface area contributed by atoms with E-state index in [9.17, 15) is 4.39 Å². The van der Waals surface area contributed by atoms with E-state index in [1.54, 1.807) is 13.2 Å². The van der Waals surface area contributed by atoms with Crippen LogP contribution in [0.25, 0.3) is 0 Å². The molecule has 4 N–H and O–H groups in total. The van der Waals surface area contributed by atoms with Crippen LogP contribution in [0.4, 0.5) is 4.39 Å². The highest BCUT2D eigenvalue weighted by atomic mass is 19.1. The summed E-state index contributed by atoms with van der Waals surface area (Å²) >= 11 is 0. The lowest BCUT2D eigenvalue weighted by Gasteiger charge is -2.01. The SMILES string of the molecule is CN/C=C(/CCF)NN. The van der Waals surface area contributed by atoms with Crippen LogP contribution in [0.15, 0.2) is 11.9 Å². The standard InChI is InChI=1S/C5H12FN3/c1-8-4-5(9-7)2-3-6/h4,8-9H,2-3,7H2,1H3/b5-4-. The molecule has 0 aromatic carbocycles. The topological polar surface area (TPSA) is 50.1 Å². The summed E-state index contributed by atoms with van der Waals surface area (Å²) in [5.41, 5.74) is 3.03. The van der Waals surface area contributed by atoms with Crippen molar-refractivity contribution >= 4 is 0 Å². The van der Waals surface area contributed by atoms with Crippen molar-refractivity contribution < 1.29 is 4.39 Å². The van der Waals surface area contributed by atoms with Gasteiger partial charge in [-0.15, -0.1) is 0 Å². The summed E-state index contributed by atoms with van der Waals surface area (Å²) in [7, 11) is 1.73. The number of hydrogen-bond donors (Lipinski definition) is 3. The third-order valence-corrected chi connectivity index (χ3v) is 0.868. The second-order valence-electron chi connectivity index (χ2n) is 1.54. The van der Waals surface area contributed by atoms with Crippen LogP contribution in [0.2, 0.25) is 0 Å². The first-order chi connectivity index (χ1) is 4.35. The highest BCUT2D eigenvalue weighted by Crippen LogP contribution is 1.92. The number of nitrogens with two attached hydrogens (primary N) is 1. The van der Waals surface area contributed by atoms with Gasteiger partial charge >= 0.3 is 0 Å². The van der Waals surface area contributed by atoms with E-state index in [1.165, 1.54) is 0 Å². The number of hydrazine groups is 1. The van der Waals surface area contributed by atoms with E-state index in [-0.39, 0.29) is 0 Å². The van der Waals surface area contributed by atoms with E-state index in [2.05, 4.69) is 10.7 Å². The van der Waals surface area contributed by atoms with Gasteiger partial charge in [0.05, 0.1) is 6.67 Å². The number of hydrogen-bond acceptors (Lipinski definition) is 3. The molecule has 9 heavy (non-hydrogen) atoms. The molecule has 0 saturated carbocycles. The van der Waals surface area contributed by atoms with Crippen molar-refractivity contribution in [2.45, 2.75) is 6.42 Å². The first-order valence-electron chi connectivity index (χ1n) is 2.74. The second kappa shape index (κ2) is 5.37. The molecule has 0 saturated heterocycles. The minimum absolute atomic E-state index is 0.331. The summed E-state index contributed by atoms with van der Waals surface area (Å²) in [6.45, 7) is -0.391. The van der Waals surface area contributed by atoms with Gasteiger partial charge in [-0.25, -0.2) is 0 Å². The Labute approximate surface area is 54.1 Å². The molecular formula is C5H12FN3. The van der Waals surface area contributed by atoms with Gasteiger partial charge in [-0.1, -0.05) is 0 Å². The maximum absolute atomic E-state index is 11.6. The largest absolute Gasteiger partial charge is 0.393 e. The molecule has 0 spiro atoms. The Morgan fingerprint density at radius 3 is 2.78 bits per heavy atom. The maximum atomic E-state index is 11.6. The van der Waals surface area contributed by atoms with Crippen molar-refractivity contribution in [3.63, 3.8) is 0 Å². The number of halogens is 1. The van der Waals surface area contributed by atoms with Crippen molar-refractivity contribution in [1.29, 1.82) is 0 Å². The van der Waals surface area contributed by atoms with E-state index < -0.39 is 6.67 Å². The molecule has 0 fully saturated rings. The van der Waals surface area contributed by atoms with E-state index in [4.69, 9.17) is 5.84 Å². The van der Waals surface area contributed by atoms with Crippen LogP contribution in [0.3, 0.4) is 0 Å². The lowest BCUT2D eigenvalue weighted by Crippen LogP contribution is -2.22. The number of allylic oxidation sites excluding steroid dienone is 1. The summed E-state index contributed by atoms with van der Waals surface area (Å²) in [6, 6.07) is 0. The molecule has 3 nitrogen and oxygen atoms in total. The van der Waals surface area contributed by atoms with Gasteiger partial charge in [-0.05, 0) is 0 Å². The Kier molecular flexibility index (Phi) is 4.91. The van der Waals surface area contributed by atoms with Crippen LogP contribution in [0.5, 0.6) is 0 Å². The lowest BCUT2D eigenvalue weighted by atomic mass is 10.4. The Morgan fingerprint density at radius 1 is 1.78 bits per heavy atom. The maximum Gasteiger partial charge on any atom is 0.0949 e. The van der Waals surface area contributed by atoms with Crippen molar-refractivity contribution in [3.8, 4) is 0 Å². The predicted molar refractivity (Wildman–Crippen MR) is 35.1 cm³/mol. The fraction of sp³-hybridized carbons (Fsp3) is 0.600. The molecule has 0 heterocycles. The van der Waals surface area contributed by atoms with Gasteiger partial charge in [0.2, 0.25) is 0 Å². The average Bonchev–Trinajstić information content (AvgIpc) is 1.88. The second-order valence-corrected chi connectivity index (χ2v) is 1.54. The Balaban J connectivity index is 3.53. The molecule has 0 atom stereocenters. The van der Waals surface area contributed by atoms with Gasteiger partial charge in [-0.3, -0.25) is 10.2 Å². The first-order valence-corrected chi connectivity index (χ1v) is 2.74. The zero-order valence-electron chi connectivity index (χ0n) is 5.45. The molecule has 0 amide bonds. The van der Waals surface area contributed by atoms with E-state index in [0.717, 1.165) is 0 Å². The fourth-order valence-electron chi connectivity index (χ4n) is 0.462. The minimum Gasteiger partial charge on any atom is -0.393 e. The number of rotatable bonds is 4. The van der Waals surface area contributed by atoms with Gasteiger partial charge in [0, 0.05) is 25.4 Å². The summed E-state index contributed by atoms with van der Waals surface area (Å²) in [5.74, 6) is 5.02. The van der Waals surface area contributed by atoms with E-state index in [1.807, 2.05) is 0 Å². The summed E-state index contributed by atoms with van der Waals surface area (Å²) in [4.78, 5) is 0. The van der Waals surface area contributed by atoms with Crippen molar-refractivity contribution in [2.24, 2.45) is 5.84 Å². The highest BCUT2D eigenvalue weighted by Gasteiger charge is 1.90. The Hall–Kier alpha value is -0.770. The van der Waals surface area contributed by atoms with E-state index >= 15 is 0 Å². The van der Waals surface area contributed by atoms with Gasteiger partial charge in [0.1, 0.15) is 0 Å². The van der Waals surface area contributed by atoms with Gasteiger partial charge < -0.3 is 10.7 Å². The monoisotopic (exact) mass is 133 g/mol. The zero-order chi connectivity index (χ0) is 7.11. The quantitative estimate of drug-likeness (QED) is 0.370. The van der Waals surface area contributed by atoms with Crippen LogP contribution in [0, 0.1) is 0 Å². The molecule has 0 rings (SSSR count). The zero-order valence-corrected chi connectivity index (χ0v) is 5.45. The smallest absolute Gasteiger partial charge is 0.0949 e.